The largest absolute Gasteiger partial charge is 0.480 e. The van der Waals surface area contributed by atoms with E-state index in [-0.39, 0.29) is 12.1 Å². The van der Waals surface area contributed by atoms with Crippen molar-refractivity contribution in [2.75, 3.05) is 5.75 Å². The number of rotatable bonds is 4. The molecule has 0 aromatic rings. The zero-order valence-electron chi connectivity index (χ0n) is 8.35. The van der Waals surface area contributed by atoms with Gasteiger partial charge in [0.2, 0.25) is 10.0 Å². The summed E-state index contributed by atoms with van der Waals surface area (Å²) in [5.74, 6) is -2.25. The normalized spacial score (nSPS) is 27.5. The second-order valence-corrected chi connectivity index (χ2v) is 5.58. The first-order valence-electron chi connectivity index (χ1n) is 4.88. The predicted molar refractivity (Wildman–Crippen MR) is 54.8 cm³/mol. The first kappa shape index (κ1) is 12.4. The molecule has 0 aromatic heterocycles. The Kier molecular flexibility index (Phi) is 4.06. The number of nitrogens with two attached hydrogens (primary N) is 1. The molecular weight excluding hydrogens is 220 g/mol. The highest BCUT2D eigenvalue weighted by Gasteiger charge is 2.27. The number of sulfonamides is 1. The molecule has 1 saturated carbocycles. The molecular formula is C8H16N2O4S. The van der Waals surface area contributed by atoms with Crippen molar-refractivity contribution in [1.29, 1.82) is 0 Å². The zero-order valence-corrected chi connectivity index (χ0v) is 9.16. The van der Waals surface area contributed by atoms with Crippen molar-refractivity contribution in [2.24, 2.45) is 5.73 Å². The van der Waals surface area contributed by atoms with E-state index in [0.29, 0.717) is 6.42 Å². The Morgan fingerprint density at radius 1 is 1.40 bits per heavy atom. The van der Waals surface area contributed by atoms with Crippen molar-refractivity contribution in [3.05, 3.63) is 0 Å². The van der Waals surface area contributed by atoms with Crippen LogP contribution < -0.4 is 10.5 Å². The summed E-state index contributed by atoms with van der Waals surface area (Å²) in [5.41, 5.74) is 5.74. The van der Waals surface area contributed by atoms with Gasteiger partial charge in [0.05, 0.1) is 0 Å². The van der Waals surface area contributed by atoms with Crippen LogP contribution in [-0.2, 0) is 14.8 Å². The van der Waals surface area contributed by atoms with Crippen molar-refractivity contribution in [2.45, 2.75) is 37.8 Å². The van der Waals surface area contributed by atoms with Gasteiger partial charge >= 0.3 is 5.97 Å². The van der Waals surface area contributed by atoms with Gasteiger partial charge in [-0.15, -0.1) is 0 Å². The van der Waals surface area contributed by atoms with Crippen LogP contribution in [0.25, 0.3) is 0 Å². The van der Waals surface area contributed by atoms with Gasteiger partial charge in [-0.05, 0) is 12.8 Å². The summed E-state index contributed by atoms with van der Waals surface area (Å²) in [5, 5.41) is 8.39. The summed E-state index contributed by atoms with van der Waals surface area (Å²) in [7, 11) is -3.74. The van der Waals surface area contributed by atoms with Crippen LogP contribution in [0.4, 0.5) is 0 Å². The minimum absolute atomic E-state index is 0.206. The summed E-state index contributed by atoms with van der Waals surface area (Å²) in [6.07, 6.45) is 3.38. The SMILES string of the molecule is NC1CCCCC1NS(=O)(=O)CC(=O)O. The minimum atomic E-state index is -3.74. The Bertz CT molecular complexity index is 328. The maximum absolute atomic E-state index is 11.3. The maximum Gasteiger partial charge on any atom is 0.320 e. The van der Waals surface area contributed by atoms with Crippen LogP contribution in [0.1, 0.15) is 25.7 Å². The Hall–Kier alpha value is -0.660. The van der Waals surface area contributed by atoms with E-state index in [1.165, 1.54) is 0 Å². The van der Waals surface area contributed by atoms with Crippen LogP contribution in [0, 0.1) is 0 Å². The Labute approximate surface area is 88.9 Å². The lowest BCUT2D eigenvalue weighted by Gasteiger charge is -2.28. The van der Waals surface area contributed by atoms with Gasteiger partial charge in [-0.3, -0.25) is 4.79 Å². The molecule has 2 unspecified atom stereocenters. The van der Waals surface area contributed by atoms with Crippen molar-refractivity contribution >= 4 is 16.0 Å². The van der Waals surface area contributed by atoms with E-state index >= 15 is 0 Å². The lowest BCUT2D eigenvalue weighted by molar-refractivity contribution is -0.134. The van der Waals surface area contributed by atoms with Gasteiger partial charge in [0.25, 0.3) is 0 Å². The molecule has 6 nitrogen and oxygen atoms in total. The van der Waals surface area contributed by atoms with E-state index in [2.05, 4.69) is 4.72 Å². The molecule has 15 heavy (non-hydrogen) atoms. The van der Waals surface area contributed by atoms with Crippen LogP contribution in [0.15, 0.2) is 0 Å². The smallest absolute Gasteiger partial charge is 0.320 e. The Morgan fingerprint density at radius 2 is 2.00 bits per heavy atom. The van der Waals surface area contributed by atoms with Gasteiger partial charge in [0.15, 0.2) is 5.75 Å². The Balaban J connectivity index is 2.55. The number of carboxylic acid groups (broad SMARTS) is 1. The molecule has 0 radical (unpaired) electrons. The molecule has 0 heterocycles. The molecule has 0 aliphatic heterocycles. The maximum atomic E-state index is 11.3. The molecule has 0 spiro atoms. The van der Waals surface area contributed by atoms with E-state index in [9.17, 15) is 13.2 Å². The molecule has 2 atom stereocenters. The van der Waals surface area contributed by atoms with Crippen molar-refractivity contribution in [3.8, 4) is 0 Å². The van der Waals surface area contributed by atoms with Crippen molar-refractivity contribution in [1.82, 2.24) is 4.72 Å². The first-order chi connectivity index (χ1) is 6.91. The highest BCUT2D eigenvalue weighted by Crippen LogP contribution is 2.17. The van der Waals surface area contributed by atoms with Gasteiger partial charge in [-0.2, -0.15) is 0 Å². The fraction of sp³-hybridized carbons (Fsp3) is 0.875. The molecule has 1 aliphatic rings. The third-order valence-electron chi connectivity index (χ3n) is 2.46. The zero-order chi connectivity index (χ0) is 11.5. The number of carbonyl (C=O) groups is 1. The van der Waals surface area contributed by atoms with Crippen molar-refractivity contribution < 1.29 is 18.3 Å². The molecule has 1 rings (SSSR count). The lowest BCUT2D eigenvalue weighted by atomic mass is 9.92. The highest BCUT2D eigenvalue weighted by molar-refractivity contribution is 7.90. The van der Waals surface area contributed by atoms with Crippen LogP contribution in [-0.4, -0.2) is 37.3 Å². The third-order valence-corrected chi connectivity index (χ3v) is 3.75. The molecule has 7 heteroatoms. The van der Waals surface area contributed by atoms with Gasteiger partial charge < -0.3 is 10.8 Å². The van der Waals surface area contributed by atoms with Gasteiger partial charge in [-0.25, -0.2) is 13.1 Å². The van der Waals surface area contributed by atoms with Gasteiger partial charge in [-0.1, -0.05) is 12.8 Å². The molecule has 0 aromatic carbocycles. The number of aliphatic carboxylic acids is 1. The average molecular weight is 236 g/mol. The van der Waals surface area contributed by atoms with Gasteiger partial charge in [0.1, 0.15) is 0 Å². The molecule has 88 valence electrons. The molecule has 1 fully saturated rings. The number of nitrogens with one attached hydrogen (secondary N) is 1. The van der Waals surface area contributed by atoms with E-state index in [1.54, 1.807) is 0 Å². The van der Waals surface area contributed by atoms with Crippen molar-refractivity contribution in [3.63, 3.8) is 0 Å². The summed E-state index contributed by atoms with van der Waals surface area (Å²) in [6.45, 7) is 0. The molecule has 4 N–H and O–H groups in total. The molecule has 1 aliphatic carbocycles. The second-order valence-electron chi connectivity index (χ2n) is 3.83. The summed E-state index contributed by atoms with van der Waals surface area (Å²) >= 11 is 0. The fourth-order valence-electron chi connectivity index (χ4n) is 1.74. The number of hydrogen-bond donors (Lipinski definition) is 3. The average Bonchev–Trinajstić information content (AvgIpc) is 2.06. The molecule has 0 bridgehead atoms. The lowest BCUT2D eigenvalue weighted by Crippen LogP contribution is -2.50. The number of carboxylic acids is 1. The topological polar surface area (TPSA) is 109 Å². The third kappa shape index (κ3) is 4.15. The van der Waals surface area contributed by atoms with E-state index in [4.69, 9.17) is 10.8 Å². The van der Waals surface area contributed by atoms with E-state index in [0.717, 1.165) is 19.3 Å². The minimum Gasteiger partial charge on any atom is -0.480 e. The van der Waals surface area contributed by atoms with Crippen LogP contribution in [0.3, 0.4) is 0 Å². The fourth-order valence-corrected chi connectivity index (χ4v) is 2.90. The quantitative estimate of drug-likeness (QED) is 0.595. The van der Waals surface area contributed by atoms with Crippen LogP contribution in [0.5, 0.6) is 0 Å². The Morgan fingerprint density at radius 3 is 2.53 bits per heavy atom. The molecule has 0 saturated heterocycles. The molecule has 0 amide bonds. The van der Waals surface area contributed by atoms with Crippen LogP contribution in [0.2, 0.25) is 0 Å². The standard InChI is InChI=1S/C8H16N2O4S/c9-6-3-1-2-4-7(6)10-15(13,14)5-8(11)12/h6-7,10H,1-5,9H2,(H,11,12). The predicted octanol–water partition coefficient (Wildman–Crippen LogP) is -0.740. The van der Waals surface area contributed by atoms with Gasteiger partial charge in [0, 0.05) is 12.1 Å². The summed E-state index contributed by atoms with van der Waals surface area (Å²) in [6, 6.07) is -0.523. The summed E-state index contributed by atoms with van der Waals surface area (Å²) < 4.78 is 25.0. The van der Waals surface area contributed by atoms with Crippen LogP contribution >= 0.6 is 0 Å². The first-order valence-corrected chi connectivity index (χ1v) is 6.53. The monoisotopic (exact) mass is 236 g/mol. The summed E-state index contributed by atoms with van der Waals surface area (Å²) in [4.78, 5) is 10.3. The number of hydrogen-bond acceptors (Lipinski definition) is 4. The van der Waals surface area contributed by atoms with E-state index in [1.807, 2.05) is 0 Å². The van der Waals surface area contributed by atoms with E-state index < -0.39 is 21.7 Å². The second kappa shape index (κ2) is 4.91. The highest BCUT2D eigenvalue weighted by atomic mass is 32.2.